The second kappa shape index (κ2) is 10.5. The quantitative estimate of drug-likeness (QED) is 0.151. The summed E-state index contributed by atoms with van der Waals surface area (Å²) >= 11 is 14.0. The van der Waals surface area contributed by atoms with Gasteiger partial charge in [-0.2, -0.15) is 0 Å². The number of anilines is 1. The molecule has 1 amide bonds. The van der Waals surface area contributed by atoms with Gasteiger partial charge in [0.15, 0.2) is 13.1 Å². The summed E-state index contributed by atoms with van der Waals surface area (Å²) in [7, 11) is -1.93. The second-order valence-electron chi connectivity index (χ2n) is 10.1. The molecular weight excluding hydrogens is 592 g/mol. The SMILES string of the molecule is CC(CO[Si](C)(C)C(C)(C)C)n1c(=S)[nH]c2cc(C(=O)Nc3ccc(OC(F)(F)Cl)cc3)cc(Br)c21. The molecule has 36 heavy (non-hydrogen) atoms. The number of aromatic amines is 1. The molecule has 0 saturated carbocycles. The van der Waals surface area contributed by atoms with Crippen LogP contribution >= 0.6 is 39.7 Å². The average Bonchev–Trinajstić information content (AvgIpc) is 3.08. The summed E-state index contributed by atoms with van der Waals surface area (Å²) in [5.74, 6) is -0.506. The van der Waals surface area contributed by atoms with Gasteiger partial charge in [-0.1, -0.05) is 20.8 Å². The zero-order chi connectivity index (χ0) is 27.1. The minimum atomic E-state index is -3.81. The van der Waals surface area contributed by atoms with Gasteiger partial charge in [0.2, 0.25) is 0 Å². The molecule has 3 rings (SSSR count). The molecule has 1 unspecified atom stereocenters. The number of hydrogen-bond donors (Lipinski definition) is 2. The maximum atomic E-state index is 12.9. The van der Waals surface area contributed by atoms with Crippen LogP contribution in [-0.4, -0.2) is 36.0 Å². The van der Waals surface area contributed by atoms with E-state index < -0.39 is 13.9 Å². The van der Waals surface area contributed by atoms with Gasteiger partial charge in [-0.05, 0) is 89.6 Å². The van der Waals surface area contributed by atoms with Gasteiger partial charge in [0.25, 0.3) is 5.91 Å². The summed E-state index contributed by atoms with van der Waals surface area (Å²) in [6.45, 7) is 13.6. The van der Waals surface area contributed by atoms with Crippen LogP contribution in [0.2, 0.25) is 18.1 Å². The molecule has 0 aliphatic heterocycles. The highest BCUT2D eigenvalue weighted by Gasteiger charge is 2.37. The van der Waals surface area contributed by atoms with E-state index in [1.165, 1.54) is 24.3 Å². The average molecular weight is 621 g/mol. The molecular formula is C24H29BrClF2N3O3SSi. The number of carbonyl (C=O) groups is 1. The molecule has 0 aliphatic rings. The number of carbonyl (C=O) groups excluding carboxylic acids is 1. The largest absolute Gasteiger partial charge is 0.487 e. The summed E-state index contributed by atoms with van der Waals surface area (Å²) in [4.78, 5) is 16.1. The van der Waals surface area contributed by atoms with Gasteiger partial charge in [-0.15, -0.1) is 8.78 Å². The smallest absolute Gasteiger partial charge is 0.420 e. The number of halogens is 4. The Balaban J connectivity index is 1.81. The summed E-state index contributed by atoms with van der Waals surface area (Å²) in [5.41, 5.74) is -1.48. The molecule has 2 N–H and O–H groups in total. The van der Waals surface area contributed by atoms with E-state index in [-0.39, 0.29) is 22.7 Å². The molecule has 6 nitrogen and oxygen atoms in total. The monoisotopic (exact) mass is 619 g/mol. The van der Waals surface area contributed by atoms with Crippen LogP contribution < -0.4 is 10.1 Å². The zero-order valence-corrected chi connectivity index (χ0v) is 25.0. The van der Waals surface area contributed by atoms with E-state index in [0.717, 1.165) is 5.52 Å². The van der Waals surface area contributed by atoms with Gasteiger partial charge >= 0.3 is 5.57 Å². The van der Waals surface area contributed by atoms with Crippen molar-refractivity contribution >= 4 is 70.7 Å². The number of nitrogens with zero attached hydrogens (tertiary/aromatic N) is 1. The van der Waals surface area contributed by atoms with Crippen molar-refractivity contribution in [2.24, 2.45) is 0 Å². The van der Waals surface area contributed by atoms with E-state index in [1.807, 2.05) is 4.57 Å². The fourth-order valence-electron chi connectivity index (χ4n) is 3.33. The highest BCUT2D eigenvalue weighted by atomic mass is 79.9. The van der Waals surface area contributed by atoms with Crippen molar-refractivity contribution in [2.45, 2.75) is 57.4 Å². The van der Waals surface area contributed by atoms with Crippen molar-refractivity contribution in [3.63, 3.8) is 0 Å². The van der Waals surface area contributed by atoms with Crippen LogP contribution in [0.25, 0.3) is 11.0 Å². The molecule has 196 valence electrons. The molecule has 1 atom stereocenters. The van der Waals surface area contributed by atoms with E-state index in [2.05, 4.69) is 71.8 Å². The summed E-state index contributed by atoms with van der Waals surface area (Å²) in [6, 6.07) is 8.86. The second-order valence-corrected chi connectivity index (χ2v) is 16.6. The first-order valence-electron chi connectivity index (χ1n) is 11.2. The van der Waals surface area contributed by atoms with Crippen molar-refractivity contribution in [3.8, 4) is 5.75 Å². The van der Waals surface area contributed by atoms with Crippen molar-refractivity contribution < 1.29 is 22.7 Å². The third kappa shape index (κ3) is 6.74. The summed E-state index contributed by atoms with van der Waals surface area (Å²) in [5, 5.41) is 2.83. The fraction of sp³-hybridized carbons (Fsp3) is 0.417. The molecule has 0 fully saturated rings. The molecule has 2 aromatic carbocycles. The maximum absolute atomic E-state index is 12.9. The van der Waals surface area contributed by atoms with Crippen LogP contribution in [0.1, 0.15) is 44.1 Å². The molecule has 0 spiro atoms. The highest BCUT2D eigenvalue weighted by molar-refractivity contribution is 9.10. The van der Waals surface area contributed by atoms with Crippen molar-refractivity contribution in [3.05, 3.63) is 51.2 Å². The molecule has 12 heteroatoms. The molecule has 0 aliphatic carbocycles. The Morgan fingerprint density at radius 3 is 2.42 bits per heavy atom. The number of alkyl halides is 3. The third-order valence-electron chi connectivity index (χ3n) is 6.31. The van der Waals surface area contributed by atoms with Crippen molar-refractivity contribution in [2.75, 3.05) is 11.9 Å². The van der Waals surface area contributed by atoms with E-state index in [1.54, 1.807) is 12.1 Å². The predicted octanol–water partition coefficient (Wildman–Crippen LogP) is 8.46. The van der Waals surface area contributed by atoms with E-state index in [0.29, 0.717) is 32.6 Å². The minimum absolute atomic E-state index is 0.0301. The Morgan fingerprint density at radius 1 is 1.25 bits per heavy atom. The van der Waals surface area contributed by atoms with Crippen LogP contribution in [0.15, 0.2) is 40.9 Å². The Kier molecular flexibility index (Phi) is 8.41. The van der Waals surface area contributed by atoms with Crippen LogP contribution in [-0.2, 0) is 4.43 Å². The van der Waals surface area contributed by atoms with E-state index >= 15 is 0 Å². The summed E-state index contributed by atoms with van der Waals surface area (Å²) < 4.78 is 39.5. The number of aromatic nitrogens is 2. The standard InChI is InChI=1S/C24H29BrClF2N3O3SSi/c1-14(13-33-36(5,6)23(2,3)4)31-20-18(25)11-15(12-19(20)30-22(31)35)21(32)29-16-7-9-17(10-8-16)34-24(26,27)28/h7-12,14H,13H2,1-6H3,(H,29,32)(H,30,35). The van der Waals surface area contributed by atoms with Crippen molar-refractivity contribution in [1.29, 1.82) is 0 Å². The number of benzene rings is 2. The number of hydrogen-bond acceptors (Lipinski definition) is 4. The highest BCUT2D eigenvalue weighted by Crippen LogP contribution is 2.37. The number of nitrogens with one attached hydrogen (secondary N) is 2. The molecule has 1 heterocycles. The van der Waals surface area contributed by atoms with Crippen LogP contribution in [0, 0.1) is 4.77 Å². The van der Waals surface area contributed by atoms with Gasteiger partial charge in [0.05, 0.1) is 23.7 Å². The Hall–Kier alpha value is -1.79. The van der Waals surface area contributed by atoms with E-state index in [4.69, 9.17) is 28.2 Å². The first kappa shape index (κ1) is 28.8. The number of fused-ring (bicyclic) bond motifs is 1. The number of ether oxygens (including phenoxy) is 1. The minimum Gasteiger partial charge on any atom is -0.420 e. The number of imidazole rings is 1. The molecule has 0 saturated heterocycles. The number of amides is 1. The lowest BCUT2D eigenvalue weighted by Gasteiger charge is -2.37. The lowest BCUT2D eigenvalue weighted by Crippen LogP contribution is -2.42. The predicted molar refractivity (Wildman–Crippen MR) is 149 cm³/mol. The normalized spacial score (nSPS) is 13.6. The molecule has 0 bridgehead atoms. The van der Waals surface area contributed by atoms with Gasteiger partial charge < -0.3 is 24.0 Å². The topological polar surface area (TPSA) is 68.3 Å². The van der Waals surface area contributed by atoms with Gasteiger partial charge in [-0.25, -0.2) is 0 Å². The van der Waals surface area contributed by atoms with Gasteiger partial charge in [0.1, 0.15) is 5.75 Å². The van der Waals surface area contributed by atoms with Gasteiger partial charge in [0, 0.05) is 27.3 Å². The van der Waals surface area contributed by atoms with Crippen LogP contribution in [0.5, 0.6) is 5.75 Å². The fourth-order valence-corrected chi connectivity index (χ4v) is 5.54. The van der Waals surface area contributed by atoms with Gasteiger partial charge in [-0.3, -0.25) is 4.79 Å². The Labute approximate surface area is 228 Å². The van der Waals surface area contributed by atoms with Crippen LogP contribution in [0.3, 0.4) is 0 Å². The molecule has 3 aromatic rings. The first-order valence-corrected chi connectivity index (χ1v) is 15.7. The Bertz CT molecular complexity index is 1320. The third-order valence-corrected chi connectivity index (χ3v) is 11.8. The lowest BCUT2D eigenvalue weighted by atomic mass is 10.1. The molecule has 1 aromatic heterocycles. The first-order chi connectivity index (χ1) is 16.5. The van der Waals surface area contributed by atoms with E-state index in [9.17, 15) is 13.6 Å². The molecule has 0 radical (unpaired) electrons. The Morgan fingerprint density at radius 2 is 1.86 bits per heavy atom. The zero-order valence-electron chi connectivity index (χ0n) is 20.8. The lowest BCUT2D eigenvalue weighted by molar-refractivity contribution is -0.0964. The summed E-state index contributed by atoms with van der Waals surface area (Å²) in [6.07, 6.45) is 0. The number of H-pyrrole nitrogens is 1. The number of rotatable bonds is 8. The van der Waals surface area contributed by atoms with Crippen molar-refractivity contribution in [1.82, 2.24) is 9.55 Å². The maximum Gasteiger partial charge on any atom is 0.487 e. The van der Waals surface area contributed by atoms with Crippen LogP contribution in [0.4, 0.5) is 14.5 Å².